The summed E-state index contributed by atoms with van der Waals surface area (Å²) in [6.07, 6.45) is -4.59. The van der Waals surface area contributed by atoms with E-state index < -0.39 is 29.7 Å². The molecular formula is C26H22ClF3N2O4. The Kier molecular flexibility index (Phi) is 6.95. The molecule has 0 bridgehead atoms. The molecule has 4 rings (SSSR count). The largest absolute Gasteiger partial charge is 0.461 e. The Bertz CT molecular complexity index is 1490. The van der Waals surface area contributed by atoms with Gasteiger partial charge in [-0.2, -0.15) is 13.2 Å². The zero-order chi connectivity index (χ0) is 26.2. The van der Waals surface area contributed by atoms with Crippen molar-refractivity contribution in [2.24, 2.45) is 7.05 Å². The van der Waals surface area contributed by atoms with Gasteiger partial charge in [-0.05, 0) is 54.3 Å². The minimum atomic E-state index is -4.59. The van der Waals surface area contributed by atoms with Gasteiger partial charge in [0.1, 0.15) is 5.69 Å². The van der Waals surface area contributed by atoms with Crippen LogP contribution in [-0.4, -0.2) is 28.3 Å². The highest BCUT2D eigenvalue weighted by Crippen LogP contribution is 2.47. The first-order chi connectivity index (χ1) is 17.0. The molecule has 2 aromatic heterocycles. The van der Waals surface area contributed by atoms with Gasteiger partial charge >= 0.3 is 17.9 Å². The number of nitrogens with zero attached hydrogens (tertiary/aromatic N) is 2. The minimum Gasteiger partial charge on any atom is -0.461 e. The molecule has 0 aliphatic carbocycles. The molecule has 0 N–H and O–H groups in total. The number of halogens is 4. The predicted octanol–water partition coefficient (Wildman–Crippen LogP) is 6.47. The van der Waals surface area contributed by atoms with Gasteiger partial charge in [0.25, 0.3) is 0 Å². The molecule has 0 spiro atoms. The number of esters is 1. The summed E-state index contributed by atoms with van der Waals surface area (Å²) in [4.78, 5) is 28.1. The van der Waals surface area contributed by atoms with Crippen molar-refractivity contribution in [3.05, 3.63) is 87.0 Å². The number of carbonyl (C=O) groups excluding carboxylic acids is 1. The molecule has 0 saturated heterocycles. The Morgan fingerprint density at radius 1 is 1.17 bits per heavy atom. The molecule has 0 fully saturated rings. The van der Waals surface area contributed by atoms with Gasteiger partial charge in [0.05, 0.1) is 23.7 Å². The molecule has 188 valence electrons. The Balaban J connectivity index is 1.71. The maximum atomic E-state index is 14.3. The van der Waals surface area contributed by atoms with Crippen LogP contribution in [0.3, 0.4) is 0 Å². The number of hydrogen-bond acceptors (Lipinski definition) is 5. The Morgan fingerprint density at radius 3 is 2.58 bits per heavy atom. The molecule has 2 heterocycles. The molecule has 0 amide bonds. The van der Waals surface area contributed by atoms with Gasteiger partial charge in [-0.1, -0.05) is 42.8 Å². The number of benzene rings is 2. The van der Waals surface area contributed by atoms with Crippen LogP contribution in [0.2, 0.25) is 5.02 Å². The van der Waals surface area contributed by atoms with E-state index in [1.165, 1.54) is 50.4 Å². The quantitative estimate of drug-likeness (QED) is 0.273. The summed E-state index contributed by atoms with van der Waals surface area (Å²) >= 11 is 6.48. The van der Waals surface area contributed by atoms with Crippen molar-refractivity contribution in [1.29, 1.82) is 0 Å². The topological polar surface area (TPSA) is 74.3 Å². The van der Waals surface area contributed by atoms with E-state index in [4.69, 9.17) is 20.8 Å². The lowest BCUT2D eigenvalue weighted by Gasteiger charge is -2.28. The first kappa shape index (κ1) is 25.5. The molecule has 0 radical (unpaired) electrons. The summed E-state index contributed by atoms with van der Waals surface area (Å²) in [5.41, 5.74) is 1.85. The Hall–Kier alpha value is -3.59. The molecule has 4 aromatic rings. The van der Waals surface area contributed by atoms with E-state index in [0.717, 1.165) is 4.57 Å². The molecular weight excluding hydrogens is 497 g/mol. The number of carbonyl (C=O) groups is 1. The molecule has 10 heteroatoms. The van der Waals surface area contributed by atoms with Crippen LogP contribution in [0.4, 0.5) is 13.2 Å². The number of fused-ring (bicyclic) bond motifs is 1. The normalized spacial score (nSPS) is 13.5. The van der Waals surface area contributed by atoms with E-state index in [2.05, 4.69) is 4.98 Å². The lowest BCUT2D eigenvalue weighted by molar-refractivity contribution is -0.154. The number of ether oxygens (including phenoxy) is 1. The Labute approximate surface area is 209 Å². The fourth-order valence-corrected chi connectivity index (χ4v) is 4.60. The van der Waals surface area contributed by atoms with E-state index in [0.29, 0.717) is 16.8 Å². The third-order valence-corrected chi connectivity index (χ3v) is 6.38. The van der Waals surface area contributed by atoms with E-state index in [-0.39, 0.29) is 34.0 Å². The van der Waals surface area contributed by atoms with Crippen LogP contribution in [-0.2, 0) is 11.8 Å². The highest BCUT2D eigenvalue weighted by atomic mass is 35.5. The Morgan fingerprint density at radius 2 is 1.92 bits per heavy atom. The third-order valence-electron chi connectivity index (χ3n) is 6.05. The van der Waals surface area contributed by atoms with Gasteiger partial charge in [-0.25, -0.2) is 14.6 Å². The first-order valence-electron chi connectivity index (χ1n) is 11.1. The highest BCUT2D eigenvalue weighted by molar-refractivity contribution is 6.31. The molecule has 2 unspecified atom stereocenters. The van der Waals surface area contributed by atoms with E-state index in [9.17, 15) is 22.8 Å². The van der Waals surface area contributed by atoms with Gasteiger partial charge in [-0.3, -0.25) is 4.57 Å². The number of aromatic nitrogens is 2. The number of rotatable bonds is 6. The third kappa shape index (κ3) is 4.88. The molecule has 0 saturated carbocycles. The maximum Gasteiger partial charge on any atom is 0.419 e. The molecule has 36 heavy (non-hydrogen) atoms. The van der Waals surface area contributed by atoms with Crippen LogP contribution in [0.25, 0.3) is 22.4 Å². The second kappa shape index (κ2) is 9.81. The molecule has 0 aliphatic rings. The monoisotopic (exact) mass is 518 g/mol. The zero-order valence-electron chi connectivity index (χ0n) is 19.6. The van der Waals surface area contributed by atoms with Crippen molar-refractivity contribution >= 4 is 28.7 Å². The number of alkyl halides is 3. The van der Waals surface area contributed by atoms with Gasteiger partial charge in [0, 0.05) is 17.6 Å². The van der Waals surface area contributed by atoms with Gasteiger partial charge < -0.3 is 9.15 Å². The second-order valence-electron chi connectivity index (χ2n) is 8.33. The smallest absolute Gasteiger partial charge is 0.419 e. The summed E-state index contributed by atoms with van der Waals surface area (Å²) in [5, 5.41) is 0.134. The van der Waals surface area contributed by atoms with Crippen LogP contribution in [0.15, 0.2) is 63.8 Å². The van der Waals surface area contributed by atoms with Crippen LogP contribution < -0.4 is 5.76 Å². The van der Waals surface area contributed by atoms with Crippen LogP contribution in [0.1, 0.15) is 47.3 Å². The van der Waals surface area contributed by atoms with Crippen LogP contribution in [0, 0.1) is 0 Å². The fraction of sp³-hybridized carbons (Fsp3) is 0.269. The number of hydrogen-bond donors (Lipinski definition) is 0. The van der Waals surface area contributed by atoms with Crippen molar-refractivity contribution in [3.8, 4) is 11.3 Å². The molecule has 6 nitrogen and oxygen atoms in total. The lowest BCUT2D eigenvalue weighted by Crippen LogP contribution is -2.26. The van der Waals surface area contributed by atoms with E-state index in [1.807, 2.05) is 0 Å². The van der Waals surface area contributed by atoms with Crippen molar-refractivity contribution in [2.75, 3.05) is 6.61 Å². The average molecular weight is 519 g/mol. The van der Waals surface area contributed by atoms with Gasteiger partial charge in [-0.15, -0.1) is 0 Å². The lowest BCUT2D eigenvalue weighted by atomic mass is 9.81. The van der Waals surface area contributed by atoms with Gasteiger partial charge in [0.2, 0.25) is 0 Å². The summed E-state index contributed by atoms with van der Waals surface area (Å²) in [5.74, 6) is -4.17. The number of oxazole rings is 1. The standard InChI is InChI=1S/C26H22ClF3N2O4/c1-4-35-24(33)20-7-5-6-19(31-20)15-8-10-17(18(27)12-15)14(2)23(26(28,29)30)16-9-11-22-21(13-16)32(3)25(34)36-22/h5-14,23H,4H2,1-3H3. The average Bonchev–Trinajstić information content (AvgIpc) is 3.11. The minimum absolute atomic E-state index is 0.0113. The van der Waals surface area contributed by atoms with Gasteiger partial charge in [0.15, 0.2) is 5.58 Å². The van der Waals surface area contributed by atoms with Crippen molar-refractivity contribution in [3.63, 3.8) is 0 Å². The number of aryl methyl sites for hydroxylation is 1. The molecule has 2 atom stereocenters. The fourth-order valence-electron chi connectivity index (χ4n) is 4.25. The van der Waals surface area contributed by atoms with Crippen molar-refractivity contribution in [2.45, 2.75) is 31.9 Å². The summed E-state index contributed by atoms with van der Waals surface area (Å²) < 4.78 is 54.1. The first-order valence-corrected chi connectivity index (χ1v) is 11.5. The maximum absolute atomic E-state index is 14.3. The van der Waals surface area contributed by atoms with Crippen LogP contribution >= 0.6 is 11.6 Å². The molecule has 2 aromatic carbocycles. The second-order valence-corrected chi connectivity index (χ2v) is 8.73. The van der Waals surface area contributed by atoms with E-state index >= 15 is 0 Å². The molecule has 0 aliphatic heterocycles. The van der Waals surface area contributed by atoms with E-state index in [1.54, 1.807) is 25.1 Å². The summed E-state index contributed by atoms with van der Waals surface area (Å²) in [6, 6.07) is 13.5. The van der Waals surface area contributed by atoms with Crippen molar-refractivity contribution in [1.82, 2.24) is 9.55 Å². The summed E-state index contributed by atoms with van der Waals surface area (Å²) in [6.45, 7) is 3.34. The zero-order valence-corrected chi connectivity index (χ0v) is 20.4. The SMILES string of the molecule is CCOC(=O)c1cccc(-c2ccc(C(C)C(c3ccc4oc(=O)n(C)c4c3)C(F)(F)F)c(Cl)c2)n1. The predicted molar refractivity (Wildman–Crippen MR) is 129 cm³/mol. The summed E-state index contributed by atoms with van der Waals surface area (Å²) in [7, 11) is 1.44. The highest BCUT2D eigenvalue weighted by Gasteiger charge is 2.45. The van der Waals surface area contributed by atoms with Crippen LogP contribution in [0.5, 0.6) is 0 Å². The van der Waals surface area contributed by atoms with Crippen molar-refractivity contribution < 1.29 is 27.1 Å². The number of pyridine rings is 1.